The average Bonchev–Trinajstić information content (AvgIpc) is 3.40. The van der Waals surface area contributed by atoms with Crippen LogP contribution in [0.5, 0.6) is 0 Å². The van der Waals surface area contributed by atoms with Gasteiger partial charge >= 0.3 is 0 Å². The third-order valence-electron chi connectivity index (χ3n) is 7.60. The van der Waals surface area contributed by atoms with Gasteiger partial charge in [-0.15, -0.1) is 0 Å². The van der Waals surface area contributed by atoms with Crippen LogP contribution in [0, 0.1) is 11.6 Å². The van der Waals surface area contributed by atoms with Gasteiger partial charge in [-0.1, -0.05) is 18.2 Å². The van der Waals surface area contributed by atoms with Gasteiger partial charge in [-0.3, -0.25) is 18.5 Å². The lowest BCUT2D eigenvalue weighted by atomic mass is 9.97. The van der Waals surface area contributed by atoms with Crippen LogP contribution in [-0.4, -0.2) is 44.2 Å². The van der Waals surface area contributed by atoms with Crippen LogP contribution in [0.15, 0.2) is 94.4 Å². The standard InChI is InChI=1S/C33H26F2N4O5S/c1-36-32(40)30-26-15-24(28(38(2)45(3,42)43)16-29(26)44-31(30)20-6-11-23(35)12-7-20)21-8-13-27-25(14-21)33(41)39(18-37-27)17-19-4-9-22(34)10-5-19/h4-16,18H,17H2,1-3H3,(H,36,40). The third-order valence-corrected chi connectivity index (χ3v) is 8.80. The average molecular weight is 629 g/mol. The zero-order valence-corrected chi connectivity index (χ0v) is 25.2. The number of furan rings is 1. The van der Waals surface area contributed by atoms with Crippen LogP contribution in [0.2, 0.25) is 0 Å². The Hall–Kier alpha value is -5.36. The van der Waals surface area contributed by atoms with E-state index in [-0.39, 0.29) is 45.9 Å². The Morgan fingerprint density at radius 2 is 1.58 bits per heavy atom. The lowest BCUT2D eigenvalue weighted by Crippen LogP contribution is -2.25. The maximum absolute atomic E-state index is 13.7. The molecule has 9 nitrogen and oxygen atoms in total. The fourth-order valence-electron chi connectivity index (χ4n) is 5.18. The van der Waals surface area contributed by atoms with E-state index in [1.54, 1.807) is 36.4 Å². The topological polar surface area (TPSA) is 115 Å². The van der Waals surface area contributed by atoms with Gasteiger partial charge < -0.3 is 9.73 Å². The number of nitrogens with one attached hydrogen (secondary N) is 1. The van der Waals surface area contributed by atoms with E-state index in [1.807, 2.05) is 0 Å². The highest BCUT2D eigenvalue weighted by atomic mass is 32.2. The number of fused-ring (bicyclic) bond motifs is 2. The highest BCUT2D eigenvalue weighted by molar-refractivity contribution is 7.92. The Balaban J connectivity index is 1.58. The molecule has 228 valence electrons. The van der Waals surface area contributed by atoms with Crippen LogP contribution in [0.1, 0.15) is 15.9 Å². The molecule has 0 aliphatic carbocycles. The zero-order valence-electron chi connectivity index (χ0n) is 24.3. The number of benzene rings is 4. The highest BCUT2D eigenvalue weighted by Gasteiger charge is 2.26. The number of carbonyl (C=O) groups is 1. The monoisotopic (exact) mass is 628 g/mol. The van der Waals surface area contributed by atoms with Crippen LogP contribution in [0.25, 0.3) is 44.3 Å². The normalized spacial score (nSPS) is 11.7. The Kier molecular flexibility index (Phi) is 7.45. The van der Waals surface area contributed by atoms with E-state index in [4.69, 9.17) is 4.42 Å². The van der Waals surface area contributed by atoms with Crippen LogP contribution in [-0.2, 0) is 16.6 Å². The second-order valence-corrected chi connectivity index (χ2v) is 12.5. The van der Waals surface area contributed by atoms with Crippen molar-refractivity contribution in [1.29, 1.82) is 0 Å². The molecule has 0 spiro atoms. The van der Waals surface area contributed by atoms with E-state index in [1.165, 1.54) is 67.5 Å². The van der Waals surface area contributed by atoms with Crippen molar-refractivity contribution in [2.24, 2.45) is 0 Å². The smallest absolute Gasteiger partial charge is 0.261 e. The van der Waals surface area contributed by atoms with Crippen molar-refractivity contribution >= 4 is 43.5 Å². The van der Waals surface area contributed by atoms with Gasteiger partial charge in [0.15, 0.2) is 0 Å². The zero-order chi connectivity index (χ0) is 32.0. The maximum atomic E-state index is 13.7. The molecular weight excluding hydrogens is 602 g/mol. The van der Waals surface area contributed by atoms with E-state index in [2.05, 4.69) is 10.3 Å². The summed E-state index contributed by atoms with van der Waals surface area (Å²) in [5, 5.41) is 3.27. The fraction of sp³-hybridized carbons (Fsp3) is 0.121. The summed E-state index contributed by atoms with van der Waals surface area (Å²) in [5.74, 6) is -1.13. The number of rotatable bonds is 7. The molecule has 6 rings (SSSR count). The maximum Gasteiger partial charge on any atom is 0.261 e. The van der Waals surface area contributed by atoms with E-state index in [0.717, 1.165) is 10.6 Å². The highest BCUT2D eigenvalue weighted by Crippen LogP contribution is 2.41. The molecule has 0 radical (unpaired) electrons. The summed E-state index contributed by atoms with van der Waals surface area (Å²) < 4.78 is 61.2. The van der Waals surface area contributed by atoms with Gasteiger partial charge in [-0.2, -0.15) is 0 Å². The van der Waals surface area contributed by atoms with Gasteiger partial charge in [0.25, 0.3) is 11.5 Å². The first-order valence-corrected chi connectivity index (χ1v) is 15.6. The van der Waals surface area contributed by atoms with Gasteiger partial charge in [-0.05, 0) is 65.7 Å². The van der Waals surface area contributed by atoms with Gasteiger partial charge in [-0.25, -0.2) is 22.2 Å². The molecule has 0 atom stereocenters. The van der Waals surface area contributed by atoms with Crippen molar-refractivity contribution in [3.05, 3.63) is 118 Å². The number of nitrogens with zero attached hydrogens (tertiary/aromatic N) is 3. The summed E-state index contributed by atoms with van der Waals surface area (Å²) in [4.78, 5) is 31.2. The second-order valence-electron chi connectivity index (χ2n) is 10.5. The van der Waals surface area contributed by atoms with Crippen molar-refractivity contribution in [2.75, 3.05) is 24.7 Å². The summed E-state index contributed by atoms with van der Waals surface area (Å²) in [6.07, 6.45) is 2.47. The molecule has 0 fully saturated rings. The summed E-state index contributed by atoms with van der Waals surface area (Å²) in [7, 11) is -0.907. The van der Waals surface area contributed by atoms with Crippen molar-refractivity contribution < 1.29 is 26.4 Å². The van der Waals surface area contributed by atoms with Crippen molar-refractivity contribution in [3.8, 4) is 22.5 Å². The van der Waals surface area contributed by atoms with Crippen molar-refractivity contribution in [1.82, 2.24) is 14.9 Å². The quantitative estimate of drug-likeness (QED) is 0.248. The molecule has 1 amide bonds. The third kappa shape index (κ3) is 5.55. The van der Waals surface area contributed by atoms with Gasteiger partial charge in [0.2, 0.25) is 10.0 Å². The first-order valence-electron chi connectivity index (χ1n) is 13.7. The molecule has 12 heteroatoms. The number of carbonyl (C=O) groups excluding carboxylic acids is 1. The summed E-state index contributed by atoms with van der Waals surface area (Å²) in [6, 6.07) is 19.4. The molecule has 2 heterocycles. The largest absolute Gasteiger partial charge is 0.455 e. The summed E-state index contributed by atoms with van der Waals surface area (Å²) in [5.41, 5.74) is 2.76. The van der Waals surface area contributed by atoms with E-state index in [0.29, 0.717) is 33.2 Å². The molecule has 1 N–H and O–H groups in total. The number of anilines is 1. The summed E-state index contributed by atoms with van der Waals surface area (Å²) >= 11 is 0. The predicted octanol–water partition coefficient (Wildman–Crippen LogP) is 5.56. The second kappa shape index (κ2) is 11.3. The molecule has 0 unspecified atom stereocenters. The molecule has 6 aromatic rings. The SMILES string of the molecule is CNC(=O)c1c(-c2ccc(F)cc2)oc2cc(N(C)S(C)(=O)=O)c(-c3ccc4ncn(Cc5ccc(F)cc5)c(=O)c4c3)cc12. The Bertz CT molecular complexity index is 2280. The van der Waals surface area contributed by atoms with E-state index >= 15 is 0 Å². The molecule has 0 saturated carbocycles. The first kappa shape index (κ1) is 29.7. The lowest BCUT2D eigenvalue weighted by Gasteiger charge is -2.21. The fourth-order valence-corrected chi connectivity index (χ4v) is 5.69. The molecule has 0 aliphatic heterocycles. The molecule has 4 aromatic carbocycles. The first-order chi connectivity index (χ1) is 21.4. The molecule has 2 aromatic heterocycles. The van der Waals surface area contributed by atoms with Crippen LogP contribution < -0.4 is 15.2 Å². The number of amides is 1. The van der Waals surface area contributed by atoms with Gasteiger partial charge in [0.1, 0.15) is 23.0 Å². The minimum absolute atomic E-state index is 0.164. The number of hydrogen-bond donors (Lipinski definition) is 1. The van der Waals surface area contributed by atoms with Crippen LogP contribution in [0.3, 0.4) is 0 Å². The molecular formula is C33H26F2N4O5S. The number of hydrogen-bond acceptors (Lipinski definition) is 6. The van der Waals surface area contributed by atoms with Gasteiger partial charge in [0, 0.05) is 36.7 Å². The minimum atomic E-state index is -3.77. The molecule has 0 saturated heterocycles. The molecule has 45 heavy (non-hydrogen) atoms. The van der Waals surface area contributed by atoms with E-state index in [9.17, 15) is 26.8 Å². The number of aromatic nitrogens is 2. The Labute approximate surface area is 256 Å². The molecule has 0 bridgehead atoms. The Morgan fingerprint density at radius 3 is 2.22 bits per heavy atom. The lowest BCUT2D eigenvalue weighted by molar-refractivity contribution is 0.0964. The Morgan fingerprint density at radius 1 is 0.933 bits per heavy atom. The van der Waals surface area contributed by atoms with Gasteiger partial charge in [0.05, 0.1) is 41.3 Å². The number of halogens is 2. The van der Waals surface area contributed by atoms with Crippen molar-refractivity contribution in [2.45, 2.75) is 6.54 Å². The molecule has 0 aliphatic rings. The summed E-state index contributed by atoms with van der Waals surface area (Å²) in [6.45, 7) is 0.164. The van der Waals surface area contributed by atoms with E-state index < -0.39 is 21.7 Å². The van der Waals surface area contributed by atoms with Crippen molar-refractivity contribution in [3.63, 3.8) is 0 Å². The van der Waals surface area contributed by atoms with Crippen LogP contribution in [0.4, 0.5) is 14.5 Å². The van der Waals surface area contributed by atoms with Crippen LogP contribution >= 0.6 is 0 Å². The predicted molar refractivity (Wildman–Crippen MR) is 169 cm³/mol. The minimum Gasteiger partial charge on any atom is -0.455 e. The number of sulfonamides is 1.